The lowest BCUT2D eigenvalue weighted by Gasteiger charge is -2.33. The van der Waals surface area contributed by atoms with Gasteiger partial charge in [0.25, 0.3) is 0 Å². The van der Waals surface area contributed by atoms with Crippen molar-refractivity contribution in [3.05, 3.63) is 35.4 Å². The van der Waals surface area contributed by atoms with E-state index in [0.29, 0.717) is 6.04 Å². The first-order valence-corrected chi connectivity index (χ1v) is 6.29. The number of hydrogen-bond donors (Lipinski definition) is 1. The minimum absolute atomic E-state index is 0.178. The molecule has 2 N–H and O–H groups in total. The van der Waals surface area contributed by atoms with Crippen molar-refractivity contribution in [2.45, 2.75) is 33.2 Å². The van der Waals surface area contributed by atoms with Crippen molar-refractivity contribution in [3.8, 4) is 0 Å². The Kier molecular flexibility index (Phi) is 4.72. The van der Waals surface area contributed by atoms with Gasteiger partial charge >= 0.3 is 0 Å². The van der Waals surface area contributed by atoms with Crippen LogP contribution in [-0.2, 0) is 0 Å². The largest absolute Gasteiger partial charge is 0.330 e. The Morgan fingerprint density at radius 2 is 1.82 bits per heavy atom. The first-order chi connectivity index (χ1) is 7.87. The normalized spacial score (nSPS) is 14.1. The Labute approximate surface area is 106 Å². The van der Waals surface area contributed by atoms with Gasteiger partial charge < -0.3 is 10.6 Å². The molecule has 0 fully saturated rings. The molecule has 1 atom stereocenters. The highest BCUT2D eigenvalue weighted by Crippen LogP contribution is 2.33. The van der Waals surface area contributed by atoms with E-state index in [1.165, 1.54) is 11.1 Å². The highest BCUT2D eigenvalue weighted by Gasteiger charge is 2.25. The summed E-state index contributed by atoms with van der Waals surface area (Å²) in [7, 11) is 4.29. The van der Waals surface area contributed by atoms with Crippen molar-refractivity contribution in [1.29, 1.82) is 0 Å². The number of hydrogen-bond acceptors (Lipinski definition) is 2. The van der Waals surface area contributed by atoms with Crippen molar-refractivity contribution in [1.82, 2.24) is 4.90 Å². The molecule has 0 amide bonds. The smallest absolute Gasteiger partial charge is 0.0350 e. The molecule has 17 heavy (non-hydrogen) atoms. The van der Waals surface area contributed by atoms with E-state index in [0.717, 1.165) is 13.0 Å². The van der Waals surface area contributed by atoms with Crippen molar-refractivity contribution in [2.24, 2.45) is 11.1 Å². The first kappa shape index (κ1) is 14.2. The maximum atomic E-state index is 5.85. The van der Waals surface area contributed by atoms with E-state index in [4.69, 9.17) is 5.73 Å². The van der Waals surface area contributed by atoms with Gasteiger partial charge in [-0.25, -0.2) is 0 Å². The van der Waals surface area contributed by atoms with Gasteiger partial charge in [-0.3, -0.25) is 0 Å². The maximum Gasteiger partial charge on any atom is 0.0350 e. The topological polar surface area (TPSA) is 29.3 Å². The summed E-state index contributed by atoms with van der Waals surface area (Å²) in [5, 5.41) is 0. The molecule has 0 saturated heterocycles. The quantitative estimate of drug-likeness (QED) is 0.848. The van der Waals surface area contributed by atoms with Gasteiger partial charge in [0.15, 0.2) is 0 Å². The minimum atomic E-state index is 0.178. The zero-order chi connectivity index (χ0) is 13.1. The molecule has 2 heteroatoms. The molecule has 0 bridgehead atoms. The third-order valence-corrected chi connectivity index (χ3v) is 3.47. The Morgan fingerprint density at radius 1 is 1.24 bits per heavy atom. The second kappa shape index (κ2) is 5.65. The summed E-state index contributed by atoms with van der Waals surface area (Å²) in [6.07, 6.45) is 1.08. The molecule has 96 valence electrons. The lowest BCUT2D eigenvalue weighted by atomic mass is 9.82. The summed E-state index contributed by atoms with van der Waals surface area (Å²) in [6, 6.07) is 9.07. The summed E-state index contributed by atoms with van der Waals surface area (Å²) in [6.45, 7) is 7.38. The molecule has 0 aromatic heterocycles. The average molecular weight is 234 g/mol. The van der Waals surface area contributed by atoms with Crippen LogP contribution < -0.4 is 5.73 Å². The zero-order valence-electron chi connectivity index (χ0n) is 11.8. The van der Waals surface area contributed by atoms with Crippen LogP contribution in [0.4, 0.5) is 0 Å². The van der Waals surface area contributed by atoms with Crippen LogP contribution in [0.1, 0.15) is 37.4 Å². The molecule has 0 aliphatic rings. The van der Waals surface area contributed by atoms with E-state index >= 15 is 0 Å². The fourth-order valence-corrected chi connectivity index (χ4v) is 2.14. The second-order valence-electron chi connectivity index (χ2n) is 5.91. The lowest BCUT2D eigenvalue weighted by molar-refractivity contribution is 0.202. The van der Waals surface area contributed by atoms with Gasteiger partial charge in [-0.05, 0) is 50.5 Å². The van der Waals surface area contributed by atoms with Crippen LogP contribution >= 0.6 is 0 Å². The highest BCUT2D eigenvalue weighted by molar-refractivity contribution is 5.28. The molecule has 1 aromatic rings. The molecule has 0 aliphatic carbocycles. The van der Waals surface area contributed by atoms with E-state index in [2.05, 4.69) is 64.0 Å². The summed E-state index contributed by atoms with van der Waals surface area (Å²) in [5.74, 6) is 0. The lowest BCUT2D eigenvalue weighted by Crippen LogP contribution is -2.31. The van der Waals surface area contributed by atoms with E-state index in [9.17, 15) is 0 Å². The fraction of sp³-hybridized carbons (Fsp3) is 0.600. The predicted octanol–water partition coefficient (Wildman–Crippen LogP) is 2.97. The van der Waals surface area contributed by atoms with Crippen LogP contribution in [0.25, 0.3) is 0 Å². The summed E-state index contributed by atoms with van der Waals surface area (Å²) < 4.78 is 0. The molecule has 0 aliphatic heterocycles. The van der Waals surface area contributed by atoms with Gasteiger partial charge in [0.2, 0.25) is 0 Å². The molecule has 0 saturated carbocycles. The number of nitrogens with two attached hydrogens (primary N) is 1. The third-order valence-electron chi connectivity index (χ3n) is 3.47. The summed E-state index contributed by atoms with van der Waals surface area (Å²) in [4.78, 5) is 2.29. The first-order valence-electron chi connectivity index (χ1n) is 6.29. The van der Waals surface area contributed by atoms with Crippen molar-refractivity contribution in [3.63, 3.8) is 0 Å². The van der Waals surface area contributed by atoms with Crippen LogP contribution in [0, 0.1) is 12.3 Å². The third kappa shape index (κ3) is 3.83. The van der Waals surface area contributed by atoms with E-state index in [1.54, 1.807) is 0 Å². The maximum absolute atomic E-state index is 5.85. The van der Waals surface area contributed by atoms with Gasteiger partial charge in [0, 0.05) is 6.04 Å². The van der Waals surface area contributed by atoms with Crippen molar-refractivity contribution in [2.75, 3.05) is 20.6 Å². The van der Waals surface area contributed by atoms with E-state index in [1.807, 2.05) is 0 Å². The molecule has 1 unspecified atom stereocenters. The van der Waals surface area contributed by atoms with Crippen LogP contribution in [-0.4, -0.2) is 25.5 Å². The number of aryl methyl sites for hydroxylation is 1. The summed E-state index contributed by atoms with van der Waals surface area (Å²) in [5.41, 5.74) is 8.81. The second-order valence-corrected chi connectivity index (χ2v) is 5.91. The van der Waals surface area contributed by atoms with Gasteiger partial charge in [-0.2, -0.15) is 0 Å². The Morgan fingerprint density at radius 3 is 2.29 bits per heavy atom. The molecular formula is C15H26N2. The predicted molar refractivity (Wildman–Crippen MR) is 75.1 cm³/mol. The number of rotatable bonds is 5. The van der Waals surface area contributed by atoms with Crippen LogP contribution in [0.3, 0.4) is 0 Å². The number of nitrogens with zero attached hydrogens (tertiary/aromatic N) is 1. The van der Waals surface area contributed by atoms with Crippen LogP contribution in [0.5, 0.6) is 0 Å². The fourth-order valence-electron chi connectivity index (χ4n) is 2.14. The average Bonchev–Trinajstić information content (AvgIpc) is 2.27. The molecular weight excluding hydrogens is 208 g/mol. The molecule has 0 radical (unpaired) electrons. The van der Waals surface area contributed by atoms with Gasteiger partial charge in [-0.15, -0.1) is 0 Å². The standard InChI is InChI=1S/C15H26N2/c1-12-8-6-7-9-13(12)14(17(4)5)10-15(2,3)11-16/h6-9,14H,10-11,16H2,1-5H3. The molecule has 0 spiro atoms. The highest BCUT2D eigenvalue weighted by atomic mass is 15.1. The SMILES string of the molecule is Cc1ccccc1C(CC(C)(C)CN)N(C)C. The summed E-state index contributed by atoms with van der Waals surface area (Å²) >= 11 is 0. The molecule has 1 aromatic carbocycles. The van der Waals surface area contributed by atoms with Gasteiger partial charge in [0.05, 0.1) is 0 Å². The van der Waals surface area contributed by atoms with Gasteiger partial charge in [-0.1, -0.05) is 38.1 Å². The molecule has 0 heterocycles. The van der Waals surface area contributed by atoms with Crippen molar-refractivity contribution < 1.29 is 0 Å². The number of benzene rings is 1. The molecule has 1 rings (SSSR count). The molecule has 2 nitrogen and oxygen atoms in total. The Bertz CT molecular complexity index is 356. The van der Waals surface area contributed by atoms with Crippen molar-refractivity contribution >= 4 is 0 Å². The zero-order valence-corrected chi connectivity index (χ0v) is 11.8. The minimum Gasteiger partial charge on any atom is -0.330 e. The van der Waals surface area contributed by atoms with Gasteiger partial charge in [0.1, 0.15) is 0 Å². The Hall–Kier alpha value is -0.860. The van der Waals surface area contributed by atoms with Crippen LogP contribution in [0.15, 0.2) is 24.3 Å². The Balaban J connectivity index is 2.99. The monoisotopic (exact) mass is 234 g/mol. The van der Waals surface area contributed by atoms with E-state index in [-0.39, 0.29) is 5.41 Å². The van der Waals surface area contributed by atoms with E-state index < -0.39 is 0 Å². The van der Waals surface area contributed by atoms with Crippen LogP contribution in [0.2, 0.25) is 0 Å².